The van der Waals surface area contributed by atoms with Gasteiger partial charge in [0.1, 0.15) is 5.82 Å². The van der Waals surface area contributed by atoms with E-state index in [1.54, 1.807) is 12.4 Å². The van der Waals surface area contributed by atoms with E-state index in [2.05, 4.69) is 20.6 Å². The van der Waals surface area contributed by atoms with Gasteiger partial charge < -0.3 is 10.6 Å². The van der Waals surface area contributed by atoms with E-state index in [9.17, 15) is 9.59 Å². The van der Waals surface area contributed by atoms with Crippen LogP contribution in [-0.4, -0.2) is 21.8 Å². The molecule has 1 fully saturated rings. The second kappa shape index (κ2) is 7.25. The van der Waals surface area contributed by atoms with E-state index in [4.69, 9.17) is 0 Å². The quantitative estimate of drug-likeness (QED) is 0.832. The molecule has 0 bridgehead atoms. The van der Waals surface area contributed by atoms with Crippen molar-refractivity contribution in [1.29, 1.82) is 0 Å². The van der Waals surface area contributed by atoms with Gasteiger partial charge >= 0.3 is 0 Å². The number of aromatic nitrogens is 2. The monoisotopic (exact) mass is 390 g/mol. The molecule has 6 heteroatoms. The zero-order valence-electron chi connectivity index (χ0n) is 16.5. The van der Waals surface area contributed by atoms with Crippen LogP contribution >= 0.6 is 0 Å². The third kappa shape index (κ3) is 3.30. The van der Waals surface area contributed by atoms with E-state index in [-0.39, 0.29) is 11.8 Å². The van der Waals surface area contributed by atoms with Crippen molar-refractivity contribution in [2.45, 2.75) is 63.2 Å². The van der Waals surface area contributed by atoms with Gasteiger partial charge in [0.05, 0.1) is 17.3 Å². The second-order valence-electron chi connectivity index (χ2n) is 8.71. The number of amides is 2. The molecule has 2 aromatic rings. The van der Waals surface area contributed by atoms with Crippen LogP contribution < -0.4 is 10.6 Å². The van der Waals surface area contributed by atoms with E-state index < -0.39 is 5.41 Å². The third-order valence-corrected chi connectivity index (χ3v) is 6.80. The van der Waals surface area contributed by atoms with Crippen LogP contribution in [0, 0.1) is 5.92 Å². The number of carbonyl (C=O) groups excluding carboxylic acids is 2. The van der Waals surface area contributed by atoms with Gasteiger partial charge in [-0.1, -0.05) is 38.2 Å². The summed E-state index contributed by atoms with van der Waals surface area (Å²) in [6.07, 6.45) is 12.6. The number of hydrogen-bond donors (Lipinski definition) is 2. The Morgan fingerprint density at radius 2 is 2.07 bits per heavy atom. The van der Waals surface area contributed by atoms with Crippen LogP contribution in [0.25, 0.3) is 0 Å². The molecular weight excluding hydrogens is 364 g/mol. The molecule has 2 aromatic heterocycles. The molecule has 2 N–H and O–H groups in total. The molecule has 1 unspecified atom stereocenters. The Bertz CT molecular complexity index is 967. The average Bonchev–Trinajstić information content (AvgIpc) is 3.25. The maximum Gasteiger partial charge on any atom is 0.237 e. The number of nitrogens with zero attached hydrogens (tertiary/aromatic N) is 2. The number of fused-ring (bicyclic) bond motifs is 3. The predicted molar refractivity (Wildman–Crippen MR) is 111 cm³/mol. The molecule has 6 nitrogen and oxygen atoms in total. The molecule has 150 valence electrons. The van der Waals surface area contributed by atoms with Gasteiger partial charge in [0.25, 0.3) is 0 Å². The highest BCUT2D eigenvalue weighted by Crippen LogP contribution is 2.46. The molecule has 0 aromatic carbocycles. The summed E-state index contributed by atoms with van der Waals surface area (Å²) in [5.74, 6) is 1.39. The summed E-state index contributed by atoms with van der Waals surface area (Å²) in [4.78, 5) is 34.1. The van der Waals surface area contributed by atoms with E-state index >= 15 is 0 Å². The van der Waals surface area contributed by atoms with E-state index in [1.165, 1.54) is 32.1 Å². The van der Waals surface area contributed by atoms with Crippen molar-refractivity contribution < 1.29 is 9.59 Å². The maximum atomic E-state index is 12.8. The topological polar surface area (TPSA) is 84.0 Å². The normalized spacial score (nSPS) is 23.0. The summed E-state index contributed by atoms with van der Waals surface area (Å²) in [5.41, 5.74) is 3.00. The molecule has 5 rings (SSSR count). The van der Waals surface area contributed by atoms with Gasteiger partial charge in [0.15, 0.2) is 0 Å². The molecule has 0 radical (unpaired) electrons. The van der Waals surface area contributed by atoms with Crippen molar-refractivity contribution >= 4 is 23.3 Å². The SMILES string of the molecule is O=C(CCC1CCCCC1)Nc1cnc2c(c1)CC1(C2)C(=O)Nc2ncccc21. The molecule has 1 atom stereocenters. The van der Waals surface area contributed by atoms with Crippen molar-refractivity contribution in [1.82, 2.24) is 9.97 Å². The first-order valence-electron chi connectivity index (χ1n) is 10.7. The van der Waals surface area contributed by atoms with Crippen LogP contribution in [0.4, 0.5) is 11.5 Å². The predicted octanol–water partition coefficient (Wildman–Crippen LogP) is 3.76. The lowest BCUT2D eigenvalue weighted by Crippen LogP contribution is -2.35. The summed E-state index contributed by atoms with van der Waals surface area (Å²) >= 11 is 0. The fourth-order valence-corrected chi connectivity index (χ4v) is 5.22. The molecule has 1 aliphatic heterocycles. The van der Waals surface area contributed by atoms with Crippen molar-refractivity contribution in [2.24, 2.45) is 5.92 Å². The first-order valence-corrected chi connectivity index (χ1v) is 10.7. The smallest absolute Gasteiger partial charge is 0.237 e. The number of nitrogens with one attached hydrogen (secondary N) is 2. The first-order chi connectivity index (χ1) is 14.1. The van der Waals surface area contributed by atoms with Crippen LogP contribution in [-0.2, 0) is 27.8 Å². The van der Waals surface area contributed by atoms with Gasteiger partial charge in [-0.25, -0.2) is 4.98 Å². The molecular formula is C23H26N4O2. The molecule has 2 aliphatic carbocycles. The Kier molecular flexibility index (Phi) is 4.57. The largest absolute Gasteiger partial charge is 0.325 e. The highest BCUT2D eigenvalue weighted by atomic mass is 16.2. The summed E-state index contributed by atoms with van der Waals surface area (Å²) < 4.78 is 0. The summed E-state index contributed by atoms with van der Waals surface area (Å²) in [6.45, 7) is 0. The Morgan fingerprint density at radius 3 is 2.93 bits per heavy atom. The number of rotatable bonds is 4. The molecule has 29 heavy (non-hydrogen) atoms. The van der Waals surface area contributed by atoms with Gasteiger partial charge in [-0.3, -0.25) is 14.6 Å². The Morgan fingerprint density at radius 1 is 1.21 bits per heavy atom. The van der Waals surface area contributed by atoms with E-state index in [0.29, 0.717) is 31.0 Å². The van der Waals surface area contributed by atoms with Crippen molar-refractivity contribution in [2.75, 3.05) is 10.6 Å². The molecule has 1 saturated carbocycles. The van der Waals surface area contributed by atoms with Crippen LogP contribution in [0.2, 0.25) is 0 Å². The minimum atomic E-state index is -0.622. The lowest BCUT2D eigenvalue weighted by molar-refractivity contribution is -0.120. The second-order valence-corrected chi connectivity index (χ2v) is 8.71. The number of pyridine rings is 2. The summed E-state index contributed by atoms with van der Waals surface area (Å²) in [6, 6.07) is 5.83. The van der Waals surface area contributed by atoms with E-state index in [1.807, 2.05) is 18.2 Å². The van der Waals surface area contributed by atoms with Crippen LogP contribution in [0.5, 0.6) is 0 Å². The van der Waals surface area contributed by atoms with E-state index in [0.717, 1.165) is 28.9 Å². The Hall–Kier alpha value is -2.76. The van der Waals surface area contributed by atoms with Crippen LogP contribution in [0.15, 0.2) is 30.6 Å². The maximum absolute atomic E-state index is 12.8. The first kappa shape index (κ1) is 18.3. The van der Waals surface area contributed by atoms with Crippen LogP contribution in [0.3, 0.4) is 0 Å². The molecule has 0 saturated heterocycles. The number of carbonyl (C=O) groups is 2. The van der Waals surface area contributed by atoms with Crippen molar-refractivity contribution in [3.8, 4) is 0 Å². The van der Waals surface area contributed by atoms with Gasteiger partial charge in [0, 0.05) is 30.3 Å². The molecule has 3 aliphatic rings. The Balaban J connectivity index is 1.27. The Labute approximate surface area is 170 Å². The number of anilines is 2. The third-order valence-electron chi connectivity index (χ3n) is 6.80. The summed E-state index contributed by atoms with van der Waals surface area (Å²) in [7, 11) is 0. The highest BCUT2D eigenvalue weighted by Gasteiger charge is 2.51. The standard InChI is InChI=1S/C23H26N4O2/c28-20(9-8-15-5-2-1-3-6-15)26-17-11-16-12-23(13-19(16)25-14-17)18-7-4-10-24-21(18)27-22(23)29/h4,7,10-11,14-15H,1-3,5-6,8-9,12-13H2,(H,26,28)(H,24,27,29). The fraction of sp³-hybridized carbons (Fsp3) is 0.478. The zero-order valence-corrected chi connectivity index (χ0v) is 16.5. The van der Waals surface area contributed by atoms with Crippen molar-refractivity contribution in [3.63, 3.8) is 0 Å². The molecule has 2 amide bonds. The minimum Gasteiger partial charge on any atom is -0.325 e. The lowest BCUT2D eigenvalue weighted by atomic mass is 9.80. The minimum absolute atomic E-state index is 0.0118. The van der Waals surface area contributed by atoms with Gasteiger partial charge in [-0.2, -0.15) is 0 Å². The molecule has 1 spiro atoms. The fourth-order valence-electron chi connectivity index (χ4n) is 5.22. The lowest BCUT2D eigenvalue weighted by Gasteiger charge is -2.21. The van der Waals surface area contributed by atoms with Crippen LogP contribution in [0.1, 0.15) is 61.8 Å². The number of hydrogen-bond acceptors (Lipinski definition) is 4. The summed E-state index contributed by atoms with van der Waals surface area (Å²) in [5, 5.41) is 5.92. The molecule has 3 heterocycles. The van der Waals surface area contributed by atoms with Gasteiger partial charge in [0.2, 0.25) is 11.8 Å². The zero-order chi connectivity index (χ0) is 19.8. The van der Waals surface area contributed by atoms with Gasteiger partial charge in [-0.15, -0.1) is 0 Å². The van der Waals surface area contributed by atoms with Gasteiger partial charge in [-0.05, 0) is 36.5 Å². The van der Waals surface area contributed by atoms with Crippen molar-refractivity contribution in [3.05, 3.63) is 47.4 Å². The highest BCUT2D eigenvalue weighted by molar-refractivity contribution is 6.06. The average molecular weight is 390 g/mol.